The van der Waals surface area contributed by atoms with Gasteiger partial charge in [0, 0.05) is 0 Å². The third-order valence-electron chi connectivity index (χ3n) is 3.78. The molecule has 2 atom stereocenters. The Bertz CT molecular complexity index is 521. The summed E-state index contributed by atoms with van der Waals surface area (Å²) in [4.78, 5) is 0. The van der Waals surface area contributed by atoms with Crippen LogP contribution in [-0.2, 0) is 6.61 Å². The Kier molecular flexibility index (Phi) is 3.51. The summed E-state index contributed by atoms with van der Waals surface area (Å²) in [5.74, 6) is 2.29. The highest BCUT2D eigenvalue weighted by Crippen LogP contribution is 2.46. The van der Waals surface area contributed by atoms with Crippen LogP contribution in [0, 0.1) is 5.92 Å². The van der Waals surface area contributed by atoms with E-state index < -0.39 is 0 Å². The highest BCUT2D eigenvalue weighted by molar-refractivity contribution is 5.32. The number of benzene rings is 2. The maximum Gasteiger partial charge on any atom is 0.119 e. The van der Waals surface area contributed by atoms with E-state index in [1.807, 2.05) is 18.2 Å². The van der Waals surface area contributed by atoms with E-state index >= 15 is 0 Å². The minimum absolute atomic E-state index is 0.620. The lowest BCUT2D eigenvalue weighted by atomic mass is 10.1. The quantitative estimate of drug-likeness (QED) is 0.887. The van der Waals surface area contributed by atoms with E-state index in [0.717, 1.165) is 12.3 Å². The van der Waals surface area contributed by atoms with Crippen molar-refractivity contribution in [3.8, 4) is 5.75 Å². The van der Waals surface area contributed by atoms with Crippen molar-refractivity contribution in [3.05, 3.63) is 65.7 Å². The number of ether oxygens (including phenoxy) is 1. The van der Waals surface area contributed by atoms with Crippen molar-refractivity contribution in [2.24, 2.45) is 11.7 Å². The number of hydrogen-bond acceptors (Lipinski definition) is 2. The van der Waals surface area contributed by atoms with Crippen molar-refractivity contribution in [1.29, 1.82) is 0 Å². The predicted octanol–water partition coefficient (Wildman–Crippen LogP) is 3.33. The normalized spacial score (nSPS) is 21.1. The molecule has 0 aliphatic heterocycles. The molecule has 1 fully saturated rings. The van der Waals surface area contributed by atoms with E-state index in [0.29, 0.717) is 18.4 Å². The summed E-state index contributed by atoms with van der Waals surface area (Å²) < 4.78 is 5.78. The molecule has 0 radical (unpaired) electrons. The Morgan fingerprint density at radius 1 is 1.00 bits per heavy atom. The minimum Gasteiger partial charge on any atom is -0.489 e. The Morgan fingerprint density at radius 2 is 1.74 bits per heavy atom. The molecule has 2 unspecified atom stereocenters. The lowest BCUT2D eigenvalue weighted by molar-refractivity contribution is 0.306. The lowest BCUT2D eigenvalue weighted by Crippen LogP contribution is -2.01. The van der Waals surface area contributed by atoms with E-state index in [1.54, 1.807) is 0 Å². The second-order valence-electron chi connectivity index (χ2n) is 5.18. The Morgan fingerprint density at radius 3 is 2.37 bits per heavy atom. The van der Waals surface area contributed by atoms with Crippen molar-refractivity contribution in [1.82, 2.24) is 0 Å². The summed E-state index contributed by atoms with van der Waals surface area (Å²) >= 11 is 0. The van der Waals surface area contributed by atoms with Gasteiger partial charge in [-0.05, 0) is 48.1 Å². The van der Waals surface area contributed by atoms with Crippen LogP contribution in [0.15, 0.2) is 54.6 Å². The Labute approximate surface area is 114 Å². The van der Waals surface area contributed by atoms with E-state index in [9.17, 15) is 0 Å². The molecule has 2 nitrogen and oxygen atoms in total. The fourth-order valence-electron chi connectivity index (χ4n) is 2.47. The summed E-state index contributed by atoms with van der Waals surface area (Å²) in [6, 6.07) is 18.7. The minimum atomic E-state index is 0.620. The highest BCUT2D eigenvalue weighted by Gasteiger charge is 2.36. The number of nitrogens with two attached hydrogens (primary N) is 1. The van der Waals surface area contributed by atoms with Gasteiger partial charge in [-0.15, -0.1) is 0 Å². The van der Waals surface area contributed by atoms with Crippen LogP contribution >= 0.6 is 0 Å². The summed E-state index contributed by atoms with van der Waals surface area (Å²) in [5, 5.41) is 0. The number of hydrogen-bond donors (Lipinski definition) is 1. The average molecular weight is 253 g/mol. The fraction of sp³-hybridized carbons (Fsp3) is 0.294. The van der Waals surface area contributed by atoms with Crippen molar-refractivity contribution in [2.45, 2.75) is 18.9 Å². The molecule has 0 aromatic heterocycles. The van der Waals surface area contributed by atoms with Crippen molar-refractivity contribution in [3.63, 3.8) is 0 Å². The first-order valence-electron chi connectivity index (χ1n) is 6.83. The zero-order valence-corrected chi connectivity index (χ0v) is 11.0. The topological polar surface area (TPSA) is 35.2 Å². The van der Waals surface area contributed by atoms with Gasteiger partial charge in [0.05, 0.1) is 0 Å². The van der Waals surface area contributed by atoms with Gasteiger partial charge in [-0.1, -0.05) is 42.5 Å². The molecule has 2 N–H and O–H groups in total. The Hall–Kier alpha value is -1.80. The third kappa shape index (κ3) is 2.96. The maximum absolute atomic E-state index is 5.78. The molecule has 0 saturated heterocycles. The molecular weight excluding hydrogens is 234 g/mol. The van der Waals surface area contributed by atoms with Gasteiger partial charge in [-0.3, -0.25) is 0 Å². The molecule has 1 saturated carbocycles. The summed E-state index contributed by atoms with van der Waals surface area (Å²) in [6.07, 6.45) is 1.24. The van der Waals surface area contributed by atoms with Crippen LogP contribution in [0.3, 0.4) is 0 Å². The molecular formula is C17H19NO. The van der Waals surface area contributed by atoms with E-state index in [2.05, 4.69) is 36.4 Å². The van der Waals surface area contributed by atoms with E-state index in [-0.39, 0.29) is 0 Å². The van der Waals surface area contributed by atoms with Gasteiger partial charge in [0.2, 0.25) is 0 Å². The second kappa shape index (κ2) is 5.45. The molecule has 0 spiro atoms. The van der Waals surface area contributed by atoms with E-state index in [4.69, 9.17) is 10.5 Å². The third-order valence-corrected chi connectivity index (χ3v) is 3.78. The van der Waals surface area contributed by atoms with Gasteiger partial charge < -0.3 is 10.5 Å². The van der Waals surface area contributed by atoms with Crippen LogP contribution in [0.2, 0.25) is 0 Å². The first-order chi connectivity index (χ1) is 9.36. The van der Waals surface area contributed by atoms with Crippen LogP contribution in [0.1, 0.15) is 23.5 Å². The molecule has 2 aromatic rings. The van der Waals surface area contributed by atoms with Crippen molar-refractivity contribution < 1.29 is 4.74 Å². The lowest BCUT2D eigenvalue weighted by Gasteiger charge is -2.07. The zero-order chi connectivity index (χ0) is 13.1. The van der Waals surface area contributed by atoms with Crippen LogP contribution in [0.5, 0.6) is 5.75 Å². The molecule has 0 amide bonds. The van der Waals surface area contributed by atoms with Crippen molar-refractivity contribution in [2.75, 3.05) is 6.54 Å². The van der Waals surface area contributed by atoms with Crippen LogP contribution in [-0.4, -0.2) is 6.54 Å². The summed E-state index contributed by atoms with van der Waals surface area (Å²) in [6.45, 7) is 1.42. The van der Waals surface area contributed by atoms with Crippen molar-refractivity contribution >= 4 is 0 Å². The van der Waals surface area contributed by atoms with Gasteiger partial charge in [0.1, 0.15) is 12.4 Å². The molecule has 0 heterocycles. The van der Waals surface area contributed by atoms with Crippen LogP contribution < -0.4 is 10.5 Å². The SMILES string of the molecule is NCC1CC1c1ccc(OCc2ccccc2)cc1. The smallest absolute Gasteiger partial charge is 0.119 e. The predicted molar refractivity (Wildman–Crippen MR) is 77.1 cm³/mol. The first kappa shape index (κ1) is 12.2. The van der Waals surface area contributed by atoms with Crippen LogP contribution in [0.25, 0.3) is 0 Å². The van der Waals surface area contributed by atoms with Gasteiger partial charge in [0.15, 0.2) is 0 Å². The highest BCUT2D eigenvalue weighted by atomic mass is 16.5. The van der Waals surface area contributed by atoms with Gasteiger partial charge >= 0.3 is 0 Å². The summed E-state index contributed by atoms with van der Waals surface area (Å²) in [7, 11) is 0. The van der Waals surface area contributed by atoms with E-state index in [1.165, 1.54) is 17.5 Å². The van der Waals surface area contributed by atoms with Gasteiger partial charge in [0.25, 0.3) is 0 Å². The summed E-state index contributed by atoms with van der Waals surface area (Å²) in [5.41, 5.74) is 8.26. The van der Waals surface area contributed by atoms with Gasteiger partial charge in [-0.25, -0.2) is 0 Å². The zero-order valence-electron chi connectivity index (χ0n) is 11.0. The molecule has 1 aliphatic carbocycles. The fourth-order valence-corrected chi connectivity index (χ4v) is 2.47. The molecule has 19 heavy (non-hydrogen) atoms. The molecule has 2 aromatic carbocycles. The monoisotopic (exact) mass is 253 g/mol. The van der Waals surface area contributed by atoms with Gasteiger partial charge in [-0.2, -0.15) is 0 Å². The van der Waals surface area contributed by atoms with Crippen LogP contribution in [0.4, 0.5) is 0 Å². The molecule has 0 bridgehead atoms. The standard InChI is InChI=1S/C17H19NO/c18-11-15-10-17(15)14-6-8-16(9-7-14)19-12-13-4-2-1-3-5-13/h1-9,15,17H,10-12,18H2. The second-order valence-corrected chi connectivity index (χ2v) is 5.18. The molecule has 3 rings (SSSR count). The molecule has 1 aliphatic rings. The average Bonchev–Trinajstić information content (AvgIpc) is 3.26. The molecule has 98 valence electrons. The largest absolute Gasteiger partial charge is 0.489 e. The Balaban J connectivity index is 1.58. The number of rotatable bonds is 5. The molecule has 2 heteroatoms. The first-order valence-corrected chi connectivity index (χ1v) is 6.83. The maximum atomic E-state index is 5.78.